The highest BCUT2D eigenvalue weighted by atomic mass is 15.2. The quantitative estimate of drug-likeness (QED) is 0.636. The van der Waals surface area contributed by atoms with Crippen LogP contribution in [0, 0.1) is 17.3 Å². The van der Waals surface area contributed by atoms with Gasteiger partial charge in [-0.25, -0.2) is 0 Å². The van der Waals surface area contributed by atoms with Crippen LogP contribution in [0.1, 0.15) is 50.7 Å². The fraction of sp³-hybridized carbons (Fsp3) is 0.500. The maximum absolute atomic E-state index is 2.72. The summed E-state index contributed by atoms with van der Waals surface area (Å²) in [4.78, 5) is 2.72. The third-order valence-electron chi connectivity index (χ3n) is 6.64. The summed E-state index contributed by atoms with van der Waals surface area (Å²) in [5.74, 6) is 1.85. The average Bonchev–Trinajstić information content (AvgIpc) is 2.54. The third kappa shape index (κ3) is 3.67. The molecule has 0 N–H and O–H groups in total. The number of hydrogen-bond acceptors (Lipinski definition) is 1. The summed E-state index contributed by atoms with van der Waals surface area (Å²) in [6.45, 7) is 6.93. The van der Waals surface area contributed by atoms with E-state index in [9.17, 15) is 0 Å². The molecule has 1 nitrogen and oxygen atoms in total. The molecule has 2 saturated carbocycles. The van der Waals surface area contributed by atoms with Crippen LogP contribution in [0.15, 0.2) is 60.7 Å². The first-order chi connectivity index (χ1) is 12.1. The minimum absolute atomic E-state index is 0.700. The van der Waals surface area contributed by atoms with Crippen LogP contribution < -0.4 is 0 Å². The van der Waals surface area contributed by atoms with Gasteiger partial charge in [0.15, 0.2) is 0 Å². The maximum atomic E-state index is 2.72. The van der Waals surface area contributed by atoms with E-state index < -0.39 is 0 Å². The van der Waals surface area contributed by atoms with Gasteiger partial charge in [-0.1, -0.05) is 74.5 Å². The summed E-state index contributed by atoms with van der Waals surface area (Å²) in [6.07, 6.45) is 5.78. The molecule has 0 radical (unpaired) electrons. The molecule has 0 aromatic heterocycles. The van der Waals surface area contributed by atoms with Gasteiger partial charge in [0, 0.05) is 19.1 Å². The van der Waals surface area contributed by atoms with Crippen LogP contribution in [0.25, 0.3) is 0 Å². The molecular weight excluding hydrogens is 302 g/mol. The second-order valence-electron chi connectivity index (χ2n) is 8.85. The molecule has 132 valence electrons. The molecule has 0 bridgehead atoms. The molecule has 2 aromatic carbocycles. The van der Waals surface area contributed by atoms with Crippen molar-refractivity contribution in [2.45, 2.75) is 58.7 Å². The number of rotatable bonds is 6. The molecule has 0 atom stereocenters. The van der Waals surface area contributed by atoms with E-state index in [-0.39, 0.29) is 0 Å². The average molecular weight is 334 g/mol. The van der Waals surface area contributed by atoms with Crippen LogP contribution in [0.4, 0.5) is 0 Å². The molecule has 2 aliphatic rings. The van der Waals surface area contributed by atoms with Gasteiger partial charge in [0.1, 0.15) is 0 Å². The molecule has 2 aromatic rings. The van der Waals surface area contributed by atoms with Crippen molar-refractivity contribution < 1.29 is 0 Å². The molecule has 0 heterocycles. The molecule has 4 rings (SSSR count). The van der Waals surface area contributed by atoms with Crippen molar-refractivity contribution in [1.29, 1.82) is 0 Å². The molecule has 0 saturated heterocycles. The van der Waals surface area contributed by atoms with Crippen molar-refractivity contribution in [1.82, 2.24) is 4.90 Å². The van der Waals surface area contributed by atoms with Gasteiger partial charge in [-0.05, 0) is 54.1 Å². The first kappa shape index (κ1) is 16.8. The molecule has 0 amide bonds. The minimum atomic E-state index is 0.700. The first-order valence-electron chi connectivity index (χ1n) is 9.95. The Morgan fingerprint density at radius 1 is 0.800 bits per heavy atom. The highest BCUT2D eigenvalue weighted by molar-refractivity contribution is 5.18. The van der Waals surface area contributed by atoms with Crippen molar-refractivity contribution >= 4 is 0 Å². The van der Waals surface area contributed by atoms with Gasteiger partial charge < -0.3 is 0 Å². The standard InChI is InChI=1S/C24H31N/c1-19(2)22-13-24(14-22)15-23(16-24)25(17-20-9-5-3-6-10-20)18-21-11-7-4-8-12-21/h3-12,19,22-23H,13-18H2,1-2H3. The van der Waals surface area contributed by atoms with Crippen molar-refractivity contribution in [3.05, 3.63) is 71.8 Å². The number of nitrogens with zero attached hydrogens (tertiary/aromatic N) is 1. The van der Waals surface area contributed by atoms with Gasteiger partial charge >= 0.3 is 0 Å². The number of benzene rings is 2. The zero-order chi connectivity index (χ0) is 17.3. The van der Waals surface area contributed by atoms with Gasteiger partial charge in [0.25, 0.3) is 0 Å². The maximum Gasteiger partial charge on any atom is 0.0240 e. The Bertz CT molecular complexity index is 620. The summed E-state index contributed by atoms with van der Waals surface area (Å²) in [5, 5.41) is 0. The summed E-state index contributed by atoms with van der Waals surface area (Å²) >= 11 is 0. The Labute approximate surface area is 153 Å². The zero-order valence-electron chi connectivity index (χ0n) is 15.7. The van der Waals surface area contributed by atoms with E-state index in [2.05, 4.69) is 79.4 Å². The Hall–Kier alpha value is -1.60. The van der Waals surface area contributed by atoms with Crippen LogP contribution >= 0.6 is 0 Å². The fourth-order valence-electron chi connectivity index (χ4n) is 5.01. The van der Waals surface area contributed by atoms with Crippen LogP contribution in [-0.2, 0) is 13.1 Å². The monoisotopic (exact) mass is 333 g/mol. The smallest absolute Gasteiger partial charge is 0.0240 e. The lowest BCUT2D eigenvalue weighted by Gasteiger charge is -2.61. The van der Waals surface area contributed by atoms with Gasteiger partial charge in [-0.15, -0.1) is 0 Å². The van der Waals surface area contributed by atoms with Crippen molar-refractivity contribution in [2.24, 2.45) is 17.3 Å². The summed E-state index contributed by atoms with van der Waals surface area (Å²) in [5.41, 5.74) is 3.58. The second kappa shape index (κ2) is 6.96. The van der Waals surface area contributed by atoms with E-state index in [1.807, 2.05) is 0 Å². The SMILES string of the molecule is CC(C)C1CC2(C1)CC(N(Cc1ccccc1)Cc1ccccc1)C2. The predicted octanol–water partition coefficient (Wildman–Crippen LogP) is 5.90. The lowest BCUT2D eigenvalue weighted by Crippen LogP contribution is -2.56. The van der Waals surface area contributed by atoms with Crippen molar-refractivity contribution in [3.63, 3.8) is 0 Å². The highest BCUT2D eigenvalue weighted by Crippen LogP contribution is 2.61. The van der Waals surface area contributed by atoms with E-state index in [0.29, 0.717) is 5.41 Å². The minimum Gasteiger partial charge on any atom is -0.292 e. The molecule has 0 unspecified atom stereocenters. The normalized spacial score (nSPS) is 28.2. The predicted molar refractivity (Wildman–Crippen MR) is 105 cm³/mol. The Morgan fingerprint density at radius 3 is 1.72 bits per heavy atom. The van der Waals surface area contributed by atoms with E-state index in [4.69, 9.17) is 0 Å². The topological polar surface area (TPSA) is 3.24 Å². The first-order valence-corrected chi connectivity index (χ1v) is 9.95. The van der Waals surface area contributed by atoms with Crippen molar-refractivity contribution in [3.8, 4) is 0 Å². The van der Waals surface area contributed by atoms with Crippen LogP contribution in [0.3, 0.4) is 0 Å². The zero-order valence-corrected chi connectivity index (χ0v) is 15.7. The van der Waals surface area contributed by atoms with E-state index in [1.54, 1.807) is 0 Å². The van der Waals surface area contributed by atoms with Gasteiger partial charge in [-0.2, -0.15) is 0 Å². The third-order valence-corrected chi connectivity index (χ3v) is 6.64. The van der Waals surface area contributed by atoms with Gasteiger partial charge in [-0.3, -0.25) is 4.90 Å². The number of hydrogen-bond donors (Lipinski definition) is 0. The largest absolute Gasteiger partial charge is 0.292 e. The van der Waals surface area contributed by atoms with Crippen LogP contribution in [-0.4, -0.2) is 10.9 Å². The lowest BCUT2D eigenvalue weighted by atomic mass is 9.48. The van der Waals surface area contributed by atoms with Gasteiger partial charge in [0.05, 0.1) is 0 Å². The summed E-state index contributed by atoms with van der Waals surface area (Å²) in [7, 11) is 0. The van der Waals surface area contributed by atoms with Crippen LogP contribution in [0.2, 0.25) is 0 Å². The molecule has 2 fully saturated rings. The van der Waals surface area contributed by atoms with Crippen molar-refractivity contribution in [2.75, 3.05) is 0 Å². The molecular formula is C24H31N. The molecule has 2 aliphatic carbocycles. The van der Waals surface area contributed by atoms with Crippen LogP contribution in [0.5, 0.6) is 0 Å². The van der Waals surface area contributed by atoms with Gasteiger partial charge in [0.2, 0.25) is 0 Å². The highest BCUT2D eigenvalue weighted by Gasteiger charge is 2.54. The van der Waals surface area contributed by atoms with E-state index >= 15 is 0 Å². The molecule has 0 aliphatic heterocycles. The molecule has 1 heteroatoms. The van der Waals surface area contributed by atoms with E-state index in [1.165, 1.54) is 36.8 Å². The van der Waals surface area contributed by atoms with E-state index in [0.717, 1.165) is 31.0 Å². The second-order valence-corrected chi connectivity index (χ2v) is 8.85. The molecule has 1 spiro atoms. The summed E-state index contributed by atoms with van der Waals surface area (Å²) < 4.78 is 0. The summed E-state index contributed by atoms with van der Waals surface area (Å²) in [6, 6.07) is 22.7. The molecule has 25 heavy (non-hydrogen) atoms. The Balaban J connectivity index is 1.42. The fourth-order valence-corrected chi connectivity index (χ4v) is 5.01. The Kier molecular flexibility index (Phi) is 4.69. The Morgan fingerprint density at radius 2 is 1.28 bits per heavy atom. The lowest BCUT2D eigenvalue weighted by molar-refractivity contribution is -0.104.